The van der Waals surface area contributed by atoms with E-state index in [1.165, 1.54) is 25.3 Å². The summed E-state index contributed by atoms with van der Waals surface area (Å²) < 4.78 is 47.1. The van der Waals surface area contributed by atoms with E-state index in [1.54, 1.807) is 24.3 Å². The van der Waals surface area contributed by atoms with Crippen molar-refractivity contribution in [1.82, 2.24) is 0 Å². The van der Waals surface area contributed by atoms with E-state index in [0.29, 0.717) is 11.3 Å². The Hall–Kier alpha value is -2.75. The largest absolute Gasteiger partial charge is 0.497 e. The molecule has 1 aliphatic rings. The molecule has 0 bridgehead atoms. The van der Waals surface area contributed by atoms with Gasteiger partial charge in [-0.05, 0) is 42.9 Å². The first-order valence-electron chi connectivity index (χ1n) is 8.85. The lowest BCUT2D eigenvalue weighted by molar-refractivity contribution is 0.411. The monoisotopic (exact) mass is 370 g/mol. The highest BCUT2D eigenvalue weighted by molar-refractivity contribution is 5.67. The predicted octanol–water partition coefficient (Wildman–Crippen LogP) is 6.65. The first-order chi connectivity index (χ1) is 13.0. The summed E-state index contributed by atoms with van der Waals surface area (Å²) in [4.78, 5) is 0. The standard InChI is InChI=1S/C23H21F3O/c1-3-16-10-11-18(23(26)22(16)25)9-6-15-4-7-17(8-5-15)20-13-12-19(27-2)14-21(20)24/h3,6-7,9-15H,1,4-5,8H2,2H3/b9-6+. The third-order valence-electron chi connectivity index (χ3n) is 4.88. The zero-order chi connectivity index (χ0) is 19.4. The van der Waals surface area contributed by atoms with Crippen molar-refractivity contribution >= 4 is 17.7 Å². The maximum absolute atomic E-state index is 14.2. The van der Waals surface area contributed by atoms with Gasteiger partial charge < -0.3 is 4.74 Å². The average molecular weight is 370 g/mol. The van der Waals surface area contributed by atoms with Crippen LogP contribution in [0.1, 0.15) is 36.0 Å². The second-order valence-corrected chi connectivity index (χ2v) is 6.54. The van der Waals surface area contributed by atoms with Gasteiger partial charge in [-0.3, -0.25) is 0 Å². The van der Waals surface area contributed by atoms with Gasteiger partial charge in [-0.25, -0.2) is 13.2 Å². The molecular formula is C23H21F3O. The minimum atomic E-state index is -0.882. The third-order valence-corrected chi connectivity index (χ3v) is 4.88. The second-order valence-electron chi connectivity index (χ2n) is 6.54. The molecule has 4 heteroatoms. The number of halogens is 3. The van der Waals surface area contributed by atoms with Gasteiger partial charge in [-0.1, -0.05) is 43.0 Å². The molecule has 1 nitrogen and oxygen atoms in total. The Bertz CT molecular complexity index is 912. The molecule has 1 atom stereocenters. The number of benzene rings is 2. The van der Waals surface area contributed by atoms with Crippen molar-refractivity contribution in [2.24, 2.45) is 5.92 Å². The number of hydrogen-bond donors (Lipinski definition) is 0. The van der Waals surface area contributed by atoms with Crippen LogP contribution < -0.4 is 4.74 Å². The Balaban J connectivity index is 1.71. The lowest BCUT2D eigenvalue weighted by Crippen LogP contribution is -2.04. The van der Waals surface area contributed by atoms with E-state index in [0.717, 1.165) is 24.8 Å². The van der Waals surface area contributed by atoms with Crippen LogP contribution in [0.5, 0.6) is 5.75 Å². The quantitative estimate of drug-likeness (QED) is 0.572. The molecule has 0 spiro atoms. The summed E-state index contributed by atoms with van der Waals surface area (Å²) in [6.45, 7) is 3.47. The molecule has 2 aromatic carbocycles. The van der Waals surface area contributed by atoms with Gasteiger partial charge in [0.05, 0.1) is 7.11 Å². The van der Waals surface area contributed by atoms with Gasteiger partial charge >= 0.3 is 0 Å². The van der Waals surface area contributed by atoms with E-state index >= 15 is 0 Å². The highest BCUT2D eigenvalue weighted by Crippen LogP contribution is 2.33. The normalized spacial score (nSPS) is 17.0. The Morgan fingerprint density at radius 2 is 1.81 bits per heavy atom. The van der Waals surface area contributed by atoms with Crippen molar-refractivity contribution in [2.45, 2.75) is 19.3 Å². The van der Waals surface area contributed by atoms with Crippen LogP contribution in [0.15, 0.2) is 49.1 Å². The fourth-order valence-electron chi connectivity index (χ4n) is 3.26. The topological polar surface area (TPSA) is 9.23 Å². The molecule has 1 unspecified atom stereocenters. The van der Waals surface area contributed by atoms with Crippen molar-refractivity contribution in [3.63, 3.8) is 0 Å². The van der Waals surface area contributed by atoms with Crippen LogP contribution >= 0.6 is 0 Å². The van der Waals surface area contributed by atoms with E-state index < -0.39 is 11.6 Å². The minimum Gasteiger partial charge on any atom is -0.497 e. The maximum Gasteiger partial charge on any atom is 0.166 e. The van der Waals surface area contributed by atoms with Gasteiger partial charge in [0.15, 0.2) is 11.6 Å². The molecule has 0 saturated heterocycles. The molecule has 140 valence electrons. The molecule has 0 saturated carbocycles. The molecule has 0 aliphatic heterocycles. The summed E-state index contributed by atoms with van der Waals surface area (Å²) >= 11 is 0. The van der Waals surface area contributed by atoms with Gasteiger partial charge in [-0.15, -0.1) is 0 Å². The molecule has 0 amide bonds. The smallest absolute Gasteiger partial charge is 0.166 e. The Morgan fingerprint density at radius 3 is 2.44 bits per heavy atom. The molecular weight excluding hydrogens is 349 g/mol. The van der Waals surface area contributed by atoms with Crippen molar-refractivity contribution in [3.05, 3.63) is 83.2 Å². The number of hydrogen-bond acceptors (Lipinski definition) is 1. The van der Waals surface area contributed by atoms with Crippen LogP contribution in [-0.2, 0) is 0 Å². The van der Waals surface area contributed by atoms with Crippen molar-refractivity contribution in [2.75, 3.05) is 7.11 Å². The molecule has 0 aromatic heterocycles. The third kappa shape index (κ3) is 4.16. The Kier molecular flexibility index (Phi) is 5.84. The molecule has 2 aromatic rings. The predicted molar refractivity (Wildman–Crippen MR) is 104 cm³/mol. The van der Waals surface area contributed by atoms with Crippen LogP contribution in [0, 0.1) is 23.4 Å². The van der Waals surface area contributed by atoms with Crippen molar-refractivity contribution in [3.8, 4) is 5.75 Å². The molecule has 0 radical (unpaired) electrons. The number of ether oxygens (including phenoxy) is 1. The summed E-state index contributed by atoms with van der Waals surface area (Å²) in [5.74, 6) is -1.35. The molecule has 3 rings (SSSR count). The fraction of sp³-hybridized carbons (Fsp3) is 0.217. The summed E-state index contributed by atoms with van der Waals surface area (Å²) in [6.07, 6.45) is 9.09. The second kappa shape index (κ2) is 8.30. The van der Waals surface area contributed by atoms with Gasteiger partial charge in [-0.2, -0.15) is 0 Å². The zero-order valence-electron chi connectivity index (χ0n) is 15.1. The highest BCUT2D eigenvalue weighted by Gasteiger charge is 2.17. The van der Waals surface area contributed by atoms with Crippen LogP contribution in [0.2, 0.25) is 0 Å². The minimum absolute atomic E-state index is 0.149. The maximum atomic E-state index is 14.2. The Labute approximate surface area is 157 Å². The first kappa shape index (κ1) is 19.0. The van der Waals surface area contributed by atoms with E-state index in [-0.39, 0.29) is 22.9 Å². The molecule has 0 heterocycles. The zero-order valence-corrected chi connectivity index (χ0v) is 15.1. The highest BCUT2D eigenvalue weighted by atomic mass is 19.2. The van der Waals surface area contributed by atoms with Gasteiger partial charge in [0, 0.05) is 22.8 Å². The van der Waals surface area contributed by atoms with Crippen LogP contribution in [-0.4, -0.2) is 7.11 Å². The number of rotatable bonds is 5. The molecule has 0 N–H and O–H groups in total. The van der Waals surface area contributed by atoms with Gasteiger partial charge in [0.1, 0.15) is 11.6 Å². The summed E-state index contributed by atoms with van der Waals surface area (Å²) in [7, 11) is 1.50. The number of allylic oxidation sites excluding steroid dienone is 3. The van der Waals surface area contributed by atoms with E-state index in [4.69, 9.17) is 4.74 Å². The van der Waals surface area contributed by atoms with E-state index in [1.807, 2.05) is 12.2 Å². The van der Waals surface area contributed by atoms with Crippen LogP contribution in [0.3, 0.4) is 0 Å². The number of methoxy groups -OCH3 is 1. The van der Waals surface area contributed by atoms with E-state index in [9.17, 15) is 13.2 Å². The molecule has 27 heavy (non-hydrogen) atoms. The van der Waals surface area contributed by atoms with Crippen LogP contribution in [0.25, 0.3) is 17.7 Å². The van der Waals surface area contributed by atoms with Crippen molar-refractivity contribution < 1.29 is 17.9 Å². The van der Waals surface area contributed by atoms with Gasteiger partial charge in [0.25, 0.3) is 0 Å². The lowest BCUT2D eigenvalue weighted by Gasteiger charge is -2.20. The SMILES string of the molecule is C=Cc1ccc(/C=C/C2CC=C(c3ccc(OC)cc3F)CC2)c(F)c1F. The van der Waals surface area contributed by atoms with E-state index in [2.05, 4.69) is 6.58 Å². The summed E-state index contributed by atoms with van der Waals surface area (Å²) in [6, 6.07) is 7.91. The summed E-state index contributed by atoms with van der Waals surface area (Å²) in [5, 5.41) is 0. The van der Waals surface area contributed by atoms with Gasteiger partial charge in [0.2, 0.25) is 0 Å². The molecule has 1 aliphatic carbocycles. The average Bonchev–Trinajstić information content (AvgIpc) is 2.69. The van der Waals surface area contributed by atoms with Crippen LogP contribution in [0.4, 0.5) is 13.2 Å². The molecule has 0 fully saturated rings. The first-order valence-corrected chi connectivity index (χ1v) is 8.85. The lowest BCUT2D eigenvalue weighted by atomic mass is 9.86. The fourth-order valence-corrected chi connectivity index (χ4v) is 3.26. The Morgan fingerprint density at radius 1 is 1.07 bits per heavy atom. The van der Waals surface area contributed by atoms with Crippen molar-refractivity contribution in [1.29, 1.82) is 0 Å². The summed E-state index contributed by atoms with van der Waals surface area (Å²) in [5.41, 5.74) is 1.92.